The van der Waals surface area contributed by atoms with E-state index in [0.29, 0.717) is 5.92 Å². The van der Waals surface area contributed by atoms with E-state index in [1.165, 1.54) is 12.8 Å². The van der Waals surface area contributed by atoms with E-state index < -0.39 is 0 Å². The highest BCUT2D eigenvalue weighted by Gasteiger charge is 2.24. The summed E-state index contributed by atoms with van der Waals surface area (Å²) in [6.07, 6.45) is 3.40. The molecule has 2 unspecified atom stereocenters. The fourth-order valence-electron chi connectivity index (χ4n) is 1.70. The van der Waals surface area contributed by atoms with Gasteiger partial charge in [0.25, 0.3) is 0 Å². The van der Waals surface area contributed by atoms with Crippen molar-refractivity contribution >= 4 is 0 Å². The Bertz CT molecular complexity index is 104. The molecule has 1 aliphatic carbocycles. The van der Waals surface area contributed by atoms with Gasteiger partial charge in [0.15, 0.2) is 0 Å². The van der Waals surface area contributed by atoms with E-state index in [0.717, 1.165) is 13.0 Å². The Balaban J connectivity index is 0.000000561. The molecule has 2 atom stereocenters. The quantitative estimate of drug-likeness (QED) is 0.687. The normalized spacial score (nSPS) is 28.5. The molecule has 0 aromatic carbocycles. The Morgan fingerprint density at radius 2 is 1.83 bits per heavy atom. The van der Waals surface area contributed by atoms with Gasteiger partial charge in [0, 0.05) is 6.54 Å². The van der Waals surface area contributed by atoms with Crippen LogP contribution < -0.4 is 0 Å². The van der Waals surface area contributed by atoms with Gasteiger partial charge < -0.3 is 10.0 Å². The van der Waals surface area contributed by atoms with Crippen molar-refractivity contribution < 1.29 is 5.11 Å². The minimum atomic E-state index is -0.0256. The van der Waals surface area contributed by atoms with Gasteiger partial charge in [-0.05, 0) is 32.9 Å². The van der Waals surface area contributed by atoms with Crippen LogP contribution in [0.15, 0.2) is 0 Å². The van der Waals surface area contributed by atoms with Gasteiger partial charge >= 0.3 is 0 Å². The Morgan fingerprint density at radius 1 is 1.25 bits per heavy atom. The standard InChI is InChI=1S/C8H17NO.C2H6/c1-9(2)6-7-4-3-5-8(7)10;1-2/h7-8,10H,3-6H2,1-2H3;1-2H3. The molecule has 0 amide bonds. The van der Waals surface area contributed by atoms with Crippen LogP contribution in [0, 0.1) is 5.92 Å². The zero-order chi connectivity index (χ0) is 9.56. The number of aliphatic hydroxyl groups is 1. The molecule has 0 saturated heterocycles. The Hall–Kier alpha value is -0.0800. The van der Waals surface area contributed by atoms with Gasteiger partial charge in [0.2, 0.25) is 0 Å². The highest BCUT2D eigenvalue weighted by molar-refractivity contribution is 4.77. The zero-order valence-corrected chi connectivity index (χ0v) is 8.88. The average molecular weight is 173 g/mol. The fourth-order valence-corrected chi connectivity index (χ4v) is 1.70. The lowest BCUT2D eigenvalue weighted by Crippen LogP contribution is -2.26. The van der Waals surface area contributed by atoms with Crippen LogP contribution in [0.1, 0.15) is 33.1 Å². The molecule has 1 aliphatic rings. The van der Waals surface area contributed by atoms with Crippen LogP contribution in [0.4, 0.5) is 0 Å². The lowest BCUT2D eigenvalue weighted by Gasteiger charge is -2.18. The lowest BCUT2D eigenvalue weighted by atomic mass is 10.1. The van der Waals surface area contributed by atoms with E-state index in [1.807, 2.05) is 13.8 Å². The van der Waals surface area contributed by atoms with E-state index in [2.05, 4.69) is 19.0 Å². The predicted molar refractivity (Wildman–Crippen MR) is 53.2 cm³/mol. The number of aliphatic hydroxyl groups excluding tert-OH is 1. The Kier molecular flexibility index (Phi) is 6.39. The molecule has 0 bridgehead atoms. The summed E-state index contributed by atoms with van der Waals surface area (Å²) in [4.78, 5) is 2.15. The van der Waals surface area contributed by atoms with E-state index in [4.69, 9.17) is 0 Å². The summed E-state index contributed by atoms with van der Waals surface area (Å²) in [5, 5.41) is 9.41. The highest BCUT2D eigenvalue weighted by Crippen LogP contribution is 2.25. The second-order valence-corrected chi connectivity index (χ2v) is 3.52. The SMILES string of the molecule is CC.CN(C)CC1CCCC1O. The number of nitrogens with zero attached hydrogens (tertiary/aromatic N) is 1. The second-order valence-electron chi connectivity index (χ2n) is 3.52. The summed E-state index contributed by atoms with van der Waals surface area (Å²) in [6, 6.07) is 0. The smallest absolute Gasteiger partial charge is 0.0580 e. The molecule has 0 aromatic rings. The van der Waals surface area contributed by atoms with Crippen LogP contribution in [0.3, 0.4) is 0 Å². The van der Waals surface area contributed by atoms with Crippen molar-refractivity contribution in [2.24, 2.45) is 5.92 Å². The van der Waals surface area contributed by atoms with E-state index in [1.54, 1.807) is 0 Å². The molecule has 2 nitrogen and oxygen atoms in total. The summed E-state index contributed by atoms with van der Waals surface area (Å²) in [7, 11) is 4.12. The third-order valence-corrected chi connectivity index (χ3v) is 2.22. The fraction of sp³-hybridized carbons (Fsp3) is 1.00. The minimum absolute atomic E-state index is 0.0256. The van der Waals surface area contributed by atoms with Gasteiger partial charge in [-0.1, -0.05) is 20.3 Å². The van der Waals surface area contributed by atoms with Crippen molar-refractivity contribution in [1.29, 1.82) is 0 Å². The van der Waals surface area contributed by atoms with Crippen LogP contribution >= 0.6 is 0 Å². The first-order chi connectivity index (χ1) is 5.70. The molecular weight excluding hydrogens is 150 g/mol. The van der Waals surface area contributed by atoms with Gasteiger partial charge in [-0.2, -0.15) is 0 Å². The minimum Gasteiger partial charge on any atom is -0.393 e. The third-order valence-electron chi connectivity index (χ3n) is 2.22. The number of hydrogen-bond acceptors (Lipinski definition) is 2. The van der Waals surface area contributed by atoms with Gasteiger partial charge in [0.1, 0.15) is 0 Å². The maximum absolute atomic E-state index is 9.41. The van der Waals surface area contributed by atoms with E-state index >= 15 is 0 Å². The third kappa shape index (κ3) is 4.07. The average Bonchev–Trinajstić information content (AvgIpc) is 2.40. The second kappa shape index (κ2) is 6.44. The molecule has 74 valence electrons. The van der Waals surface area contributed by atoms with Crippen molar-refractivity contribution in [3.05, 3.63) is 0 Å². The zero-order valence-electron chi connectivity index (χ0n) is 8.88. The van der Waals surface area contributed by atoms with Crippen LogP contribution in [0.25, 0.3) is 0 Å². The largest absolute Gasteiger partial charge is 0.393 e. The summed E-state index contributed by atoms with van der Waals surface area (Å²) in [5.74, 6) is 0.537. The number of rotatable bonds is 2. The molecule has 0 spiro atoms. The first-order valence-corrected chi connectivity index (χ1v) is 5.03. The van der Waals surface area contributed by atoms with Crippen molar-refractivity contribution in [3.63, 3.8) is 0 Å². The topological polar surface area (TPSA) is 23.5 Å². The lowest BCUT2D eigenvalue weighted by molar-refractivity contribution is 0.115. The van der Waals surface area contributed by atoms with Crippen molar-refractivity contribution in [2.45, 2.75) is 39.2 Å². The Labute approximate surface area is 76.6 Å². The van der Waals surface area contributed by atoms with Gasteiger partial charge in [-0.3, -0.25) is 0 Å². The van der Waals surface area contributed by atoms with Crippen LogP contribution in [0.5, 0.6) is 0 Å². The molecule has 1 fully saturated rings. The van der Waals surface area contributed by atoms with Crippen molar-refractivity contribution in [3.8, 4) is 0 Å². The summed E-state index contributed by atoms with van der Waals surface area (Å²) >= 11 is 0. The monoisotopic (exact) mass is 173 g/mol. The van der Waals surface area contributed by atoms with Crippen molar-refractivity contribution in [2.75, 3.05) is 20.6 Å². The van der Waals surface area contributed by atoms with Gasteiger partial charge in [-0.25, -0.2) is 0 Å². The first kappa shape index (κ1) is 11.9. The Morgan fingerprint density at radius 3 is 2.17 bits per heavy atom. The molecular formula is C10H23NO. The molecule has 1 saturated carbocycles. The molecule has 1 N–H and O–H groups in total. The van der Waals surface area contributed by atoms with Crippen molar-refractivity contribution in [1.82, 2.24) is 4.90 Å². The highest BCUT2D eigenvalue weighted by atomic mass is 16.3. The van der Waals surface area contributed by atoms with Gasteiger partial charge in [0.05, 0.1) is 6.10 Å². The maximum Gasteiger partial charge on any atom is 0.0580 e. The van der Waals surface area contributed by atoms with E-state index in [9.17, 15) is 5.11 Å². The molecule has 0 heterocycles. The molecule has 0 aromatic heterocycles. The van der Waals surface area contributed by atoms with Crippen LogP contribution in [0.2, 0.25) is 0 Å². The molecule has 1 rings (SSSR count). The van der Waals surface area contributed by atoms with Crippen LogP contribution in [-0.4, -0.2) is 36.8 Å². The molecule has 0 radical (unpaired) electrons. The predicted octanol–water partition coefficient (Wildman–Crippen LogP) is 1.74. The summed E-state index contributed by atoms with van der Waals surface area (Å²) < 4.78 is 0. The van der Waals surface area contributed by atoms with E-state index in [-0.39, 0.29) is 6.10 Å². The first-order valence-electron chi connectivity index (χ1n) is 5.03. The molecule has 2 heteroatoms. The maximum atomic E-state index is 9.41. The summed E-state index contributed by atoms with van der Waals surface area (Å²) in [5.41, 5.74) is 0. The molecule has 0 aliphatic heterocycles. The summed E-state index contributed by atoms with van der Waals surface area (Å²) in [6.45, 7) is 5.04. The van der Waals surface area contributed by atoms with Crippen LogP contribution in [-0.2, 0) is 0 Å². The molecule has 12 heavy (non-hydrogen) atoms. The number of hydrogen-bond donors (Lipinski definition) is 1. The van der Waals surface area contributed by atoms with Gasteiger partial charge in [-0.15, -0.1) is 0 Å².